The largest absolute Gasteiger partial charge is 0.354 e. The van der Waals surface area contributed by atoms with Gasteiger partial charge in [0.25, 0.3) is 0 Å². The maximum absolute atomic E-state index is 8.49. The summed E-state index contributed by atoms with van der Waals surface area (Å²) in [7, 11) is -9.89. The van der Waals surface area contributed by atoms with Crippen molar-refractivity contribution in [2.75, 3.05) is 10.6 Å². The maximum atomic E-state index is 8.49. The van der Waals surface area contributed by atoms with Crippen molar-refractivity contribution < 1.29 is 66.9 Å². The molecule has 6 aromatic rings. The molecule has 0 fully saturated rings. The Morgan fingerprint density at radius 1 is 0.481 bits per heavy atom. The number of fused-ring (bicyclic) bond motifs is 4. The van der Waals surface area contributed by atoms with E-state index >= 15 is 0 Å². The molecule has 0 saturated carbocycles. The van der Waals surface area contributed by atoms with E-state index in [-0.39, 0.29) is 0 Å². The number of hydrogen-bond donors (Lipinski definition) is 2. The Bertz CT molecular complexity index is 2360. The van der Waals surface area contributed by atoms with E-state index in [1.165, 1.54) is 0 Å². The van der Waals surface area contributed by atoms with Gasteiger partial charge in [0, 0.05) is 35.0 Å². The van der Waals surface area contributed by atoms with Crippen LogP contribution < -0.4 is 57.0 Å². The number of anilines is 2. The van der Waals surface area contributed by atoms with Crippen molar-refractivity contribution in [2.45, 2.75) is 13.8 Å². The number of pyridine rings is 2. The summed E-state index contributed by atoms with van der Waals surface area (Å²) in [6, 6.07) is 37.5. The van der Waals surface area contributed by atoms with Crippen molar-refractivity contribution in [2.24, 2.45) is 9.98 Å². The quantitative estimate of drug-likeness (QED) is 0.195. The molecule has 0 amide bonds. The second kappa shape index (κ2) is 17.5. The smallest absolute Gasteiger partial charge is 0.245 e. The Hall–Kier alpha value is -5.62. The highest BCUT2D eigenvalue weighted by Crippen LogP contribution is 2.29. The number of aromatic nitrogens is 2. The first kappa shape index (κ1) is 39.6. The van der Waals surface area contributed by atoms with Crippen LogP contribution >= 0.6 is 0 Å². The Balaban J connectivity index is 0.000000499. The van der Waals surface area contributed by atoms with Gasteiger partial charge in [-0.1, -0.05) is 36.4 Å². The van der Waals surface area contributed by atoms with E-state index in [1.54, 1.807) is 0 Å². The van der Waals surface area contributed by atoms with E-state index in [4.69, 9.17) is 47.3 Å². The van der Waals surface area contributed by atoms with Crippen LogP contribution in [0.15, 0.2) is 144 Å². The van der Waals surface area contributed by atoms with Crippen molar-refractivity contribution >= 4 is 68.4 Å². The number of allylic oxidation sites excluding steroid dienone is 2. The summed E-state index contributed by atoms with van der Waals surface area (Å²) in [5.74, 6) is 0. The van der Waals surface area contributed by atoms with Crippen molar-refractivity contribution in [3.63, 3.8) is 0 Å². The molecule has 14 nitrogen and oxygen atoms in total. The minimum absolute atomic E-state index is 0.825. The molecule has 4 aromatic carbocycles. The topological polar surface area (TPSA) is 241 Å². The fraction of sp³-hybridized carbons (Fsp3) is 0.0526. The summed E-state index contributed by atoms with van der Waals surface area (Å²) >= 11 is 0. The molecule has 2 N–H and O–H groups in total. The van der Waals surface area contributed by atoms with Gasteiger partial charge in [-0.15, -0.1) is 20.5 Å². The van der Waals surface area contributed by atoms with Gasteiger partial charge in [-0.3, -0.25) is 0 Å². The van der Waals surface area contributed by atoms with Gasteiger partial charge in [0.1, 0.15) is 12.4 Å². The van der Waals surface area contributed by atoms with E-state index in [1.807, 2.05) is 30.9 Å². The van der Waals surface area contributed by atoms with Crippen LogP contribution in [0.5, 0.6) is 0 Å². The van der Waals surface area contributed by atoms with E-state index in [0.717, 1.165) is 67.1 Å². The number of rotatable bonds is 2. The highest BCUT2D eigenvalue weighted by atomic mass is 35.7. The SMILES string of the molecule is Cc1ccc2c(c1)N=C/C([n+]1cccc3ccccc31)=C\Nc1cc(C)ccc1N=C/C([n+]1cccc3ccccc31)=C\N2.[O-][Cl+3]([O-])([O-])[O-].[O-][Cl+3]([O-])([O-])[O-]. The third-order valence-corrected chi connectivity index (χ3v) is 7.70. The van der Waals surface area contributed by atoms with E-state index in [2.05, 4.69) is 149 Å². The van der Waals surface area contributed by atoms with E-state index in [9.17, 15) is 0 Å². The summed E-state index contributed by atoms with van der Waals surface area (Å²) in [6.07, 6.45) is 11.9. The van der Waals surface area contributed by atoms with Crippen molar-refractivity contribution in [1.82, 2.24) is 0 Å². The summed E-state index contributed by atoms with van der Waals surface area (Å²) in [4.78, 5) is 10.0. The summed E-state index contributed by atoms with van der Waals surface area (Å²) < 4.78 is 72.2. The van der Waals surface area contributed by atoms with Gasteiger partial charge in [-0.2, -0.15) is 9.13 Å². The van der Waals surface area contributed by atoms with Crippen LogP contribution in [0.1, 0.15) is 11.1 Å². The molecule has 2 aromatic heterocycles. The lowest BCUT2D eigenvalue weighted by Crippen LogP contribution is -2.68. The Labute approximate surface area is 314 Å². The molecule has 0 bridgehead atoms. The molecule has 0 atom stereocenters. The molecule has 0 spiro atoms. The molecule has 0 unspecified atom stereocenters. The average Bonchev–Trinajstić information content (AvgIpc) is 3.11. The molecular weight excluding hydrogens is 739 g/mol. The average molecular weight is 772 g/mol. The van der Waals surface area contributed by atoms with Gasteiger partial charge in [0.2, 0.25) is 22.4 Å². The normalized spacial score (nSPS) is 14.9. The third kappa shape index (κ3) is 11.7. The number of benzene rings is 4. The number of para-hydroxylation sites is 2. The lowest BCUT2D eigenvalue weighted by atomic mass is 10.2. The molecule has 7 rings (SSSR count). The molecule has 1 aliphatic rings. The minimum atomic E-state index is -4.94. The number of hydrogen-bond acceptors (Lipinski definition) is 12. The molecule has 16 heteroatoms. The Morgan fingerprint density at radius 3 is 1.44 bits per heavy atom. The number of nitrogens with one attached hydrogen (secondary N) is 2. The molecule has 54 heavy (non-hydrogen) atoms. The molecule has 0 saturated heterocycles. The lowest BCUT2D eigenvalue weighted by Gasteiger charge is -2.17. The fourth-order valence-electron chi connectivity index (χ4n) is 5.43. The predicted molar refractivity (Wildman–Crippen MR) is 183 cm³/mol. The van der Waals surface area contributed by atoms with Gasteiger partial charge in [0.05, 0.1) is 35.1 Å². The van der Waals surface area contributed by atoms with Crippen LogP contribution in [-0.4, -0.2) is 12.4 Å². The van der Waals surface area contributed by atoms with Gasteiger partial charge >= 0.3 is 0 Å². The van der Waals surface area contributed by atoms with E-state index in [0.29, 0.717) is 0 Å². The highest BCUT2D eigenvalue weighted by Gasteiger charge is 2.17. The second-order valence-corrected chi connectivity index (χ2v) is 13.1. The molecule has 0 radical (unpaired) electrons. The first-order valence-electron chi connectivity index (χ1n) is 15.9. The molecule has 276 valence electrons. The fourth-order valence-corrected chi connectivity index (χ4v) is 5.43. The second-order valence-electron chi connectivity index (χ2n) is 11.6. The Morgan fingerprint density at radius 2 is 0.907 bits per heavy atom. The first-order valence-corrected chi connectivity index (χ1v) is 18.4. The number of aryl methyl sites for hydroxylation is 2. The van der Waals surface area contributed by atoms with Crippen molar-refractivity contribution in [1.29, 1.82) is 0 Å². The van der Waals surface area contributed by atoms with Crippen LogP contribution in [0.4, 0.5) is 22.7 Å². The summed E-state index contributed by atoms with van der Waals surface area (Å²) in [5, 5.41) is 9.39. The predicted octanol–water partition coefficient (Wildman–Crippen LogP) is -1.39. The first-order chi connectivity index (χ1) is 25.6. The van der Waals surface area contributed by atoms with Gasteiger partial charge in [0.15, 0.2) is 12.4 Å². The van der Waals surface area contributed by atoms with Crippen LogP contribution in [0.25, 0.3) is 33.2 Å². The number of nitrogens with zero attached hydrogens (tertiary/aromatic N) is 4. The van der Waals surface area contributed by atoms with Gasteiger partial charge in [-0.05, 0) is 73.5 Å². The van der Waals surface area contributed by atoms with Gasteiger partial charge in [-0.25, -0.2) is 47.3 Å². The monoisotopic (exact) mass is 770 g/mol. The minimum Gasteiger partial charge on any atom is -0.354 e. The third-order valence-electron chi connectivity index (χ3n) is 7.70. The van der Waals surface area contributed by atoms with Gasteiger partial charge < -0.3 is 10.6 Å². The summed E-state index contributed by atoms with van der Waals surface area (Å²) in [6.45, 7) is 4.17. The number of aliphatic imine (C=N–C) groups is 2. The summed E-state index contributed by atoms with van der Waals surface area (Å²) in [5.41, 5.74) is 9.64. The van der Waals surface area contributed by atoms with E-state index < -0.39 is 20.5 Å². The molecular formula is C38H32Cl2N6O8. The zero-order chi connectivity index (χ0) is 38.9. The zero-order valence-electron chi connectivity index (χ0n) is 28.7. The van der Waals surface area contributed by atoms with Crippen LogP contribution in [0.2, 0.25) is 0 Å². The van der Waals surface area contributed by atoms with Crippen molar-refractivity contribution in [3.8, 4) is 0 Å². The Kier molecular flexibility index (Phi) is 12.8. The standard InChI is InChI=1S/C38H32N6.2ClHO4/c1-27-15-17-33-35(21-27)41-25-32(44-20-8-12-30-10-4-6-14-38(30)44)26-42-36-22-28(2)16-18-34(36)40-24-31(23-39-33)43-19-7-11-29-9-3-5-13-37(29)43;2*2-1(3,4)5/h3-26,39,42H,1-2H3;2*(H,2,3,4,5)/q+2;;/p-2/b31-23+,32-26+,40-24?,41-25?;;. The molecule has 3 heterocycles. The maximum Gasteiger partial charge on any atom is 0.245 e. The van der Waals surface area contributed by atoms with Crippen molar-refractivity contribution in [3.05, 3.63) is 145 Å². The molecule has 0 aliphatic carbocycles. The zero-order valence-corrected chi connectivity index (χ0v) is 30.2. The molecule has 1 aliphatic heterocycles. The van der Waals surface area contributed by atoms with Crippen LogP contribution in [0, 0.1) is 34.3 Å². The highest BCUT2D eigenvalue weighted by molar-refractivity contribution is 6.03. The lowest BCUT2D eigenvalue weighted by molar-refractivity contribution is -2.00. The van der Waals surface area contributed by atoms with Crippen LogP contribution in [-0.2, 0) is 0 Å². The number of halogens is 2. The van der Waals surface area contributed by atoms with Crippen LogP contribution in [0.3, 0.4) is 0 Å².